The summed E-state index contributed by atoms with van der Waals surface area (Å²) in [5, 5.41) is 3.45. The van der Waals surface area contributed by atoms with Gasteiger partial charge in [-0.05, 0) is 36.8 Å². The Morgan fingerprint density at radius 2 is 2.18 bits per heavy atom. The Morgan fingerprint density at radius 1 is 1.47 bits per heavy atom. The first-order valence-electron chi connectivity index (χ1n) is 6.29. The quantitative estimate of drug-likeness (QED) is 0.769. The van der Waals surface area contributed by atoms with Crippen LogP contribution in [0.5, 0.6) is 5.75 Å². The van der Waals surface area contributed by atoms with E-state index in [2.05, 4.69) is 19.2 Å². The van der Waals surface area contributed by atoms with Crippen molar-refractivity contribution >= 4 is 11.4 Å². The van der Waals surface area contributed by atoms with E-state index >= 15 is 0 Å². The summed E-state index contributed by atoms with van der Waals surface area (Å²) in [4.78, 5) is 0. The zero-order valence-electron chi connectivity index (χ0n) is 10.9. The highest BCUT2D eigenvalue weighted by Crippen LogP contribution is 2.51. The molecule has 2 rings (SSSR count). The van der Waals surface area contributed by atoms with Crippen molar-refractivity contribution in [3.8, 4) is 5.75 Å². The predicted octanol–water partition coefficient (Wildman–Crippen LogP) is 3.13. The predicted molar refractivity (Wildman–Crippen MR) is 72.4 cm³/mol. The lowest BCUT2D eigenvalue weighted by Gasteiger charge is -2.11. The minimum absolute atomic E-state index is 0.517. The van der Waals surface area contributed by atoms with E-state index in [1.807, 2.05) is 25.1 Å². The van der Waals surface area contributed by atoms with E-state index in [1.54, 1.807) is 0 Å². The van der Waals surface area contributed by atoms with Gasteiger partial charge in [-0.1, -0.05) is 13.8 Å². The Kier molecular flexibility index (Phi) is 3.18. The highest BCUT2D eigenvalue weighted by atomic mass is 16.5. The summed E-state index contributed by atoms with van der Waals surface area (Å²) in [5.41, 5.74) is 8.14. The molecule has 0 spiro atoms. The minimum atomic E-state index is 0.517. The molecule has 0 aliphatic heterocycles. The summed E-state index contributed by atoms with van der Waals surface area (Å²) in [7, 11) is 0. The summed E-state index contributed by atoms with van der Waals surface area (Å²) in [6, 6.07) is 5.88. The van der Waals surface area contributed by atoms with Gasteiger partial charge in [-0.15, -0.1) is 0 Å². The lowest BCUT2D eigenvalue weighted by molar-refractivity contribution is 0.342. The van der Waals surface area contributed by atoms with Crippen LogP contribution >= 0.6 is 0 Å². The zero-order valence-corrected chi connectivity index (χ0v) is 10.9. The molecule has 0 radical (unpaired) electrons. The fourth-order valence-corrected chi connectivity index (χ4v) is 2.09. The second-order valence-corrected chi connectivity index (χ2v) is 5.46. The summed E-state index contributed by atoms with van der Waals surface area (Å²) in [6.45, 7) is 8.26. The number of anilines is 2. The van der Waals surface area contributed by atoms with Crippen molar-refractivity contribution in [2.45, 2.75) is 27.2 Å². The van der Waals surface area contributed by atoms with Gasteiger partial charge in [0, 0.05) is 18.3 Å². The van der Waals surface area contributed by atoms with Crippen LogP contribution in [0.2, 0.25) is 0 Å². The van der Waals surface area contributed by atoms with Crippen LogP contribution in [0.15, 0.2) is 18.2 Å². The number of ether oxygens (including phenoxy) is 1. The molecule has 0 heterocycles. The Labute approximate surface area is 103 Å². The summed E-state index contributed by atoms with van der Waals surface area (Å²) >= 11 is 0. The molecule has 3 N–H and O–H groups in total. The van der Waals surface area contributed by atoms with Gasteiger partial charge in [0.2, 0.25) is 0 Å². The highest BCUT2D eigenvalue weighted by molar-refractivity contribution is 5.61. The summed E-state index contributed by atoms with van der Waals surface area (Å²) < 4.78 is 5.48. The van der Waals surface area contributed by atoms with Gasteiger partial charge in [0.1, 0.15) is 5.75 Å². The third-order valence-electron chi connectivity index (χ3n) is 3.58. The van der Waals surface area contributed by atoms with E-state index in [9.17, 15) is 0 Å². The molecule has 0 amide bonds. The van der Waals surface area contributed by atoms with Crippen LogP contribution in [0.1, 0.15) is 27.2 Å². The van der Waals surface area contributed by atoms with Crippen LogP contribution in [-0.4, -0.2) is 13.2 Å². The average Bonchev–Trinajstić information content (AvgIpc) is 2.88. The van der Waals surface area contributed by atoms with Gasteiger partial charge >= 0.3 is 0 Å². The van der Waals surface area contributed by atoms with Gasteiger partial charge in [-0.2, -0.15) is 0 Å². The monoisotopic (exact) mass is 234 g/mol. The van der Waals surface area contributed by atoms with Crippen molar-refractivity contribution in [1.29, 1.82) is 0 Å². The Morgan fingerprint density at radius 3 is 2.76 bits per heavy atom. The van der Waals surface area contributed by atoms with E-state index in [4.69, 9.17) is 10.5 Å². The number of hydrogen-bond acceptors (Lipinski definition) is 3. The second-order valence-electron chi connectivity index (χ2n) is 5.46. The molecule has 1 aliphatic carbocycles. The molecule has 1 unspecified atom stereocenters. The molecule has 1 fully saturated rings. The summed E-state index contributed by atoms with van der Waals surface area (Å²) in [5.74, 6) is 1.56. The van der Waals surface area contributed by atoms with Gasteiger partial charge in [0.05, 0.1) is 12.3 Å². The van der Waals surface area contributed by atoms with Gasteiger partial charge in [0.15, 0.2) is 0 Å². The number of nitrogen functional groups attached to an aromatic ring is 1. The number of rotatable bonds is 5. The van der Waals surface area contributed by atoms with Crippen molar-refractivity contribution in [3.05, 3.63) is 18.2 Å². The van der Waals surface area contributed by atoms with Crippen molar-refractivity contribution in [1.82, 2.24) is 0 Å². The zero-order chi connectivity index (χ0) is 12.5. The summed E-state index contributed by atoms with van der Waals surface area (Å²) in [6.07, 6.45) is 1.31. The highest BCUT2D eigenvalue weighted by Gasteiger charge is 2.44. The molecule has 1 aromatic carbocycles. The van der Waals surface area contributed by atoms with Gasteiger partial charge < -0.3 is 15.8 Å². The van der Waals surface area contributed by atoms with Crippen LogP contribution in [0.25, 0.3) is 0 Å². The Balaban J connectivity index is 1.94. The first-order valence-corrected chi connectivity index (χ1v) is 6.29. The maximum atomic E-state index is 5.83. The number of nitrogens with one attached hydrogen (secondary N) is 1. The van der Waals surface area contributed by atoms with E-state index in [0.717, 1.165) is 23.9 Å². The SMILES string of the molecule is CCOc1cc(NCC2CC2(C)C)ccc1N. The molecule has 1 aromatic rings. The smallest absolute Gasteiger partial charge is 0.144 e. The fourth-order valence-electron chi connectivity index (χ4n) is 2.09. The number of benzene rings is 1. The second kappa shape index (κ2) is 4.47. The maximum absolute atomic E-state index is 5.83. The normalized spacial score (nSPS) is 21.0. The van der Waals surface area contributed by atoms with Crippen LogP contribution in [0.3, 0.4) is 0 Å². The molecular formula is C14H22N2O. The van der Waals surface area contributed by atoms with Gasteiger partial charge in [-0.3, -0.25) is 0 Å². The Bertz CT molecular complexity index is 401. The largest absolute Gasteiger partial charge is 0.492 e. The molecule has 17 heavy (non-hydrogen) atoms. The first kappa shape index (κ1) is 12.1. The van der Waals surface area contributed by atoms with Crippen LogP contribution in [0, 0.1) is 11.3 Å². The molecule has 1 aliphatic rings. The topological polar surface area (TPSA) is 47.3 Å². The van der Waals surface area contributed by atoms with E-state index in [0.29, 0.717) is 17.7 Å². The Hall–Kier alpha value is -1.38. The third-order valence-corrected chi connectivity index (χ3v) is 3.58. The molecule has 3 nitrogen and oxygen atoms in total. The maximum Gasteiger partial charge on any atom is 0.144 e. The van der Waals surface area contributed by atoms with Crippen molar-refractivity contribution < 1.29 is 4.74 Å². The third kappa shape index (κ3) is 2.84. The molecular weight excluding hydrogens is 212 g/mol. The van der Waals surface area contributed by atoms with Crippen molar-refractivity contribution in [2.24, 2.45) is 11.3 Å². The average molecular weight is 234 g/mol. The van der Waals surface area contributed by atoms with Crippen LogP contribution < -0.4 is 15.8 Å². The molecule has 1 saturated carbocycles. The minimum Gasteiger partial charge on any atom is -0.492 e. The van der Waals surface area contributed by atoms with E-state index in [1.165, 1.54) is 6.42 Å². The van der Waals surface area contributed by atoms with E-state index in [-0.39, 0.29) is 0 Å². The molecule has 3 heteroatoms. The van der Waals surface area contributed by atoms with Gasteiger partial charge in [0.25, 0.3) is 0 Å². The number of nitrogens with two attached hydrogens (primary N) is 1. The first-order chi connectivity index (χ1) is 8.03. The molecule has 0 saturated heterocycles. The van der Waals surface area contributed by atoms with Crippen molar-refractivity contribution in [2.75, 3.05) is 24.2 Å². The van der Waals surface area contributed by atoms with Crippen molar-refractivity contribution in [3.63, 3.8) is 0 Å². The fraction of sp³-hybridized carbons (Fsp3) is 0.571. The molecule has 1 atom stereocenters. The van der Waals surface area contributed by atoms with Crippen LogP contribution in [0.4, 0.5) is 11.4 Å². The standard InChI is InChI=1S/C14H22N2O/c1-4-17-13-7-11(5-6-12(13)15)16-9-10-8-14(10,2)3/h5-7,10,16H,4,8-9,15H2,1-3H3. The number of hydrogen-bond donors (Lipinski definition) is 2. The molecule has 94 valence electrons. The van der Waals surface area contributed by atoms with Crippen LogP contribution in [-0.2, 0) is 0 Å². The van der Waals surface area contributed by atoms with Gasteiger partial charge in [-0.25, -0.2) is 0 Å². The molecule has 0 bridgehead atoms. The molecule has 0 aromatic heterocycles. The van der Waals surface area contributed by atoms with E-state index < -0.39 is 0 Å². The lowest BCUT2D eigenvalue weighted by atomic mass is 10.1. The lowest BCUT2D eigenvalue weighted by Crippen LogP contribution is -2.07.